The largest absolute Gasteiger partial charge is 0.496 e. The fraction of sp³-hybridized carbons (Fsp3) is 0.265. The highest BCUT2D eigenvalue weighted by molar-refractivity contribution is 6.07. The van der Waals surface area contributed by atoms with E-state index in [2.05, 4.69) is 26.7 Å². The molecule has 3 heterocycles. The third-order valence-electron chi connectivity index (χ3n) is 7.31. The minimum Gasteiger partial charge on any atom is -0.496 e. The minimum absolute atomic E-state index is 0.0672. The summed E-state index contributed by atoms with van der Waals surface area (Å²) >= 11 is 0. The van der Waals surface area contributed by atoms with Gasteiger partial charge in [-0.05, 0) is 69.2 Å². The van der Waals surface area contributed by atoms with Crippen molar-refractivity contribution < 1.29 is 27.8 Å². The van der Waals surface area contributed by atoms with Crippen LogP contribution in [-0.4, -0.2) is 53.8 Å². The molecule has 0 aliphatic carbocycles. The molecule has 5 rings (SSSR count). The SMILES string of the molecule is COc1cccc(F)c1-c1nccc(C(=O)Nc2ccc(-c3cnccc3C#N)cc2N2CC[C@H](NC(=O)OC(C)(C)C)C2)c1F. The van der Waals surface area contributed by atoms with Crippen LogP contribution >= 0.6 is 0 Å². The van der Waals surface area contributed by atoms with Crippen LogP contribution in [0.1, 0.15) is 43.1 Å². The Hall–Kier alpha value is -5.57. The molecule has 0 bridgehead atoms. The van der Waals surface area contributed by atoms with Crippen molar-refractivity contribution in [3.8, 4) is 34.2 Å². The number of methoxy groups -OCH3 is 1. The zero-order chi connectivity index (χ0) is 33.0. The van der Waals surface area contributed by atoms with Gasteiger partial charge in [0, 0.05) is 37.2 Å². The van der Waals surface area contributed by atoms with Crippen molar-refractivity contribution in [1.82, 2.24) is 15.3 Å². The number of halogens is 2. The van der Waals surface area contributed by atoms with E-state index < -0.39 is 29.2 Å². The summed E-state index contributed by atoms with van der Waals surface area (Å²) in [5, 5.41) is 15.4. The van der Waals surface area contributed by atoms with Gasteiger partial charge in [0.15, 0.2) is 5.82 Å². The monoisotopic (exact) mass is 626 g/mol. The van der Waals surface area contributed by atoms with E-state index in [1.165, 1.54) is 37.7 Å². The number of nitrogens with one attached hydrogen (secondary N) is 2. The number of alkyl carbamates (subject to hydrolysis) is 1. The van der Waals surface area contributed by atoms with Crippen LogP contribution in [0, 0.1) is 23.0 Å². The summed E-state index contributed by atoms with van der Waals surface area (Å²) in [5.74, 6) is -2.49. The molecule has 4 aromatic rings. The lowest BCUT2D eigenvalue weighted by atomic mass is 10.0. The predicted octanol–water partition coefficient (Wildman–Crippen LogP) is 6.32. The lowest BCUT2D eigenvalue weighted by Gasteiger charge is -2.24. The summed E-state index contributed by atoms with van der Waals surface area (Å²) in [6, 6.07) is 14.0. The van der Waals surface area contributed by atoms with E-state index in [4.69, 9.17) is 9.47 Å². The normalized spacial score (nSPS) is 14.4. The van der Waals surface area contributed by atoms with Gasteiger partial charge in [0.2, 0.25) is 0 Å². The van der Waals surface area contributed by atoms with Crippen LogP contribution in [0.2, 0.25) is 0 Å². The molecule has 2 amide bonds. The molecule has 2 aromatic carbocycles. The molecule has 2 aromatic heterocycles. The van der Waals surface area contributed by atoms with Gasteiger partial charge in [-0.2, -0.15) is 5.26 Å². The molecular weight excluding hydrogens is 594 g/mol. The molecule has 2 N–H and O–H groups in total. The van der Waals surface area contributed by atoms with Gasteiger partial charge < -0.3 is 25.0 Å². The Kier molecular flexibility index (Phi) is 9.13. The van der Waals surface area contributed by atoms with E-state index in [0.29, 0.717) is 47.6 Å². The van der Waals surface area contributed by atoms with Gasteiger partial charge in [-0.25, -0.2) is 13.6 Å². The Bertz CT molecular complexity index is 1840. The average Bonchev–Trinajstić information content (AvgIpc) is 3.48. The van der Waals surface area contributed by atoms with Gasteiger partial charge in [0.1, 0.15) is 22.9 Å². The number of hydrogen-bond donors (Lipinski definition) is 2. The second kappa shape index (κ2) is 13.2. The van der Waals surface area contributed by atoms with Crippen molar-refractivity contribution in [2.45, 2.75) is 38.8 Å². The van der Waals surface area contributed by atoms with E-state index >= 15 is 4.39 Å². The fourth-order valence-electron chi connectivity index (χ4n) is 5.25. The van der Waals surface area contributed by atoms with E-state index in [1.807, 2.05) is 11.0 Å². The number of benzene rings is 2. The summed E-state index contributed by atoms with van der Waals surface area (Å²) in [6.07, 6.45) is 4.39. The zero-order valence-electron chi connectivity index (χ0n) is 25.7. The summed E-state index contributed by atoms with van der Waals surface area (Å²) in [7, 11) is 1.33. The maximum Gasteiger partial charge on any atom is 0.407 e. The highest BCUT2D eigenvalue weighted by Gasteiger charge is 2.29. The van der Waals surface area contributed by atoms with Crippen LogP contribution < -0.4 is 20.3 Å². The molecule has 12 heteroatoms. The second-order valence-corrected chi connectivity index (χ2v) is 11.6. The van der Waals surface area contributed by atoms with Crippen LogP contribution in [0.3, 0.4) is 0 Å². The molecular formula is C34H32F2N6O4. The molecule has 236 valence electrons. The summed E-state index contributed by atoms with van der Waals surface area (Å²) in [5.41, 5.74) is 1.04. The Balaban J connectivity index is 1.49. The maximum absolute atomic E-state index is 15.8. The Morgan fingerprint density at radius 3 is 2.65 bits per heavy atom. The average molecular weight is 627 g/mol. The third-order valence-corrected chi connectivity index (χ3v) is 7.31. The van der Waals surface area contributed by atoms with E-state index in [-0.39, 0.29) is 28.6 Å². The first-order chi connectivity index (χ1) is 22.0. The van der Waals surface area contributed by atoms with E-state index in [0.717, 1.165) is 6.07 Å². The van der Waals surface area contributed by atoms with Crippen LogP contribution in [0.4, 0.5) is 25.0 Å². The molecule has 0 spiro atoms. The number of carbonyl (C=O) groups is 2. The lowest BCUT2D eigenvalue weighted by molar-refractivity contribution is 0.0509. The van der Waals surface area contributed by atoms with E-state index in [1.54, 1.807) is 45.2 Å². The van der Waals surface area contributed by atoms with E-state index in [9.17, 15) is 19.2 Å². The number of pyridine rings is 2. The standard InChI is InChI=1S/C34H32F2N6O4/c1-34(2,3)46-33(44)40-22-12-15-42(19-22)27-16-20(24-18-38-13-10-21(24)17-37)8-9-26(27)41-32(43)23-11-14-39-31(30(23)36)29-25(35)6-5-7-28(29)45-4/h5-11,13-14,16,18,22H,12,15,19H2,1-4H3,(H,40,44)(H,41,43)/t22-/m0/s1. The Morgan fingerprint density at radius 2 is 1.91 bits per heavy atom. The summed E-state index contributed by atoms with van der Waals surface area (Å²) in [6.45, 7) is 6.26. The van der Waals surface area contributed by atoms with Crippen LogP contribution in [0.5, 0.6) is 5.75 Å². The van der Waals surface area contributed by atoms with Crippen molar-refractivity contribution in [2.75, 3.05) is 30.4 Å². The number of aromatic nitrogens is 2. The number of nitrogens with zero attached hydrogens (tertiary/aromatic N) is 4. The number of anilines is 2. The van der Waals surface area contributed by atoms with Crippen molar-refractivity contribution in [3.05, 3.63) is 89.9 Å². The predicted molar refractivity (Wildman–Crippen MR) is 168 cm³/mol. The molecule has 1 aliphatic rings. The number of nitriles is 1. The maximum atomic E-state index is 15.8. The third kappa shape index (κ3) is 6.89. The van der Waals surface area contributed by atoms with Crippen LogP contribution in [0.25, 0.3) is 22.4 Å². The van der Waals surface area contributed by atoms with Crippen molar-refractivity contribution in [3.63, 3.8) is 0 Å². The van der Waals surface area contributed by atoms with Gasteiger partial charge in [0.05, 0.1) is 47.3 Å². The highest BCUT2D eigenvalue weighted by Crippen LogP contribution is 2.37. The molecule has 0 saturated carbocycles. The van der Waals surface area contributed by atoms with Gasteiger partial charge in [0.25, 0.3) is 5.91 Å². The number of ether oxygens (including phenoxy) is 2. The number of rotatable bonds is 7. The first kappa shape index (κ1) is 31.8. The Labute approximate surface area is 265 Å². The first-order valence-corrected chi connectivity index (χ1v) is 14.5. The lowest BCUT2D eigenvalue weighted by Crippen LogP contribution is -2.40. The number of hydrogen-bond acceptors (Lipinski definition) is 8. The molecule has 46 heavy (non-hydrogen) atoms. The van der Waals surface area contributed by atoms with Crippen LogP contribution in [0.15, 0.2) is 67.1 Å². The quantitative estimate of drug-likeness (QED) is 0.244. The van der Waals surface area contributed by atoms with Crippen molar-refractivity contribution >= 4 is 23.4 Å². The van der Waals surface area contributed by atoms with Gasteiger partial charge in [-0.15, -0.1) is 0 Å². The van der Waals surface area contributed by atoms with Gasteiger partial charge >= 0.3 is 6.09 Å². The van der Waals surface area contributed by atoms with Crippen molar-refractivity contribution in [1.29, 1.82) is 5.26 Å². The van der Waals surface area contributed by atoms with Gasteiger partial charge in [-0.1, -0.05) is 12.1 Å². The summed E-state index contributed by atoms with van der Waals surface area (Å²) < 4.78 is 41.2. The molecule has 10 nitrogen and oxygen atoms in total. The fourth-order valence-corrected chi connectivity index (χ4v) is 5.25. The first-order valence-electron chi connectivity index (χ1n) is 14.5. The number of carbonyl (C=O) groups excluding carboxylic acids is 2. The second-order valence-electron chi connectivity index (χ2n) is 11.6. The molecule has 1 aliphatic heterocycles. The topological polar surface area (TPSA) is 129 Å². The molecule has 0 unspecified atom stereocenters. The minimum atomic E-state index is -1.02. The molecule has 1 saturated heterocycles. The van der Waals surface area contributed by atoms with Crippen LogP contribution in [-0.2, 0) is 4.74 Å². The molecule has 1 atom stereocenters. The molecule has 0 radical (unpaired) electrons. The number of amides is 2. The highest BCUT2D eigenvalue weighted by atomic mass is 19.1. The smallest absolute Gasteiger partial charge is 0.407 e. The summed E-state index contributed by atoms with van der Waals surface area (Å²) in [4.78, 5) is 36.2. The zero-order valence-corrected chi connectivity index (χ0v) is 25.7. The Morgan fingerprint density at radius 1 is 1.11 bits per heavy atom. The molecule has 1 fully saturated rings. The van der Waals surface area contributed by atoms with Gasteiger partial charge in [-0.3, -0.25) is 14.8 Å². The van der Waals surface area contributed by atoms with Crippen molar-refractivity contribution in [2.24, 2.45) is 0 Å².